The third-order valence-electron chi connectivity index (χ3n) is 2.13. The molecule has 0 aliphatic carbocycles. The quantitative estimate of drug-likeness (QED) is 0.781. The molecule has 4 heteroatoms. The van der Waals surface area contributed by atoms with E-state index >= 15 is 0 Å². The van der Waals surface area contributed by atoms with Crippen molar-refractivity contribution in [1.29, 1.82) is 0 Å². The molecule has 0 saturated heterocycles. The van der Waals surface area contributed by atoms with Crippen molar-refractivity contribution < 1.29 is 4.74 Å². The van der Waals surface area contributed by atoms with E-state index in [0.717, 1.165) is 35.5 Å². The van der Waals surface area contributed by atoms with Crippen LogP contribution in [0.25, 0.3) is 0 Å². The summed E-state index contributed by atoms with van der Waals surface area (Å²) in [5, 5.41) is 3.13. The molecule has 0 aliphatic heterocycles. The highest BCUT2D eigenvalue weighted by Crippen LogP contribution is 2.26. The summed E-state index contributed by atoms with van der Waals surface area (Å²) in [6, 6.07) is 6.21. The van der Waals surface area contributed by atoms with Crippen LogP contribution in [0.2, 0.25) is 0 Å². The molecular weight excluding hydrogens is 286 g/mol. The minimum absolute atomic E-state index is 0.783. The van der Waals surface area contributed by atoms with Gasteiger partial charge in [0, 0.05) is 6.54 Å². The van der Waals surface area contributed by atoms with Gasteiger partial charge in [-0.3, -0.25) is 0 Å². The Morgan fingerprint density at radius 2 is 2.25 bits per heavy atom. The van der Waals surface area contributed by atoms with Crippen molar-refractivity contribution in [2.45, 2.75) is 13.0 Å². The molecule has 0 bridgehead atoms. The lowest BCUT2D eigenvalue weighted by molar-refractivity contribution is 0.316. The van der Waals surface area contributed by atoms with Crippen LogP contribution in [0, 0.1) is 0 Å². The van der Waals surface area contributed by atoms with E-state index in [2.05, 4.69) is 39.6 Å². The molecule has 0 saturated carbocycles. The average Bonchev–Trinajstić information content (AvgIpc) is 2.27. The normalized spacial score (nSPS) is 10.4. The van der Waals surface area contributed by atoms with Gasteiger partial charge in [-0.2, -0.15) is 11.8 Å². The Bertz CT molecular complexity index is 320. The molecule has 0 spiro atoms. The maximum Gasteiger partial charge on any atom is 0.133 e. The lowest BCUT2D eigenvalue weighted by Gasteiger charge is -2.09. The summed E-state index contributed by atoms with van der Waals surface area (Å²) in [4.78, 5) is 0. The van der Waals surface area contributed by atoms with E-state index in [1.54, 1.807) is 0 Å². The van der Waals surface area contributed by atoms with Crippen LogP contribution in [0.15, 0.2) is 22.7 Å². The molecule has 0 aromatic heterocycles. The zero-order valence-electron chi connectivity index (χ0n) is 9.75. The highest BCUT2D eigenvalue weighted by Gasteiger charge is 2.02. The Labute approximate surface area is 110 Å². The molecule has 0 heterocycles. The molecule has 0 amide bonds. The van der Waals surface area contributed by atoms with Crippen LogP contribution in [-0.2, 0) is 6.54 Å². The first-order valence-electron chi connectivity index (χ1n) is 5.32. The van der Waals surface area contributed by atoms with Gasteiger partial charge >= 0.3 is 0 Å². The van der Waals surface area contributed by atoms with Gasteiger partial charge in [-0.15, -0.1) is 0 Å². The van der Waals surface area contributed by atoms with Gasteiger partial charge in [-0.05, 0) is 59.1 Å². The van der Waals surface area contributed by atoms with Crippen LogP contribution < -0.4 is 10.1 Å². The van der Waals surface area contributed by atoms with Gasteiger partial charge in [0.1, 0.15) is 5.75 Å². The standard InChI is InChI=1S/C12H18BrNOS/c1-14-9-10-4-5-12(11(13)8-10)15-6-3-7-16-2/h4-5,8,14H,3,6-7,9H2,1-2H3. The first-order valence-corrected chi connectivity index (χ1v) is 7.51. The van der Waals surface area contributed by atoms with Gasteiger partial charge < -0.3 is 10.1 Å². The predicted octanol–water partition coefficient (Wildman–Crippen LogP) is 3.30. The van der Waals surface area contributed by atoms with Crippen molar-refractivity contribution in [3.05, 3.63) is 28.2 Å². The minimum Gasteiger partial charge on any atom is -0.492 e. The number of hydrogen-bond acceptors (Lipinski definition) is 3. The molecule has 16 heavy (non-hydrogen) atoms. The van der Waals surface area contributed by atoms with Crippen LogP contribution in [0.4, 0.5) is 0 Å². The van der Waals surface area contributed by atoms with Crippen LogP contribution in [-0.4, -0.2) is 25.7 Å². The maximum atomic E-state index is 5.69. The molecule has 0 atom stereocenters. The van der Waals surface area contributed by atoms with Gasteiger partial charge in [0.2, 0.25) is 0 Å². The second-order valence-corrected chi connectivity index (χ2v) is 5.33. The van der Waals surface area contributed by atoms with Gasteiger partial charge in [0.05, 0.1) is 11.1 Å². The van der Waals surface area contributed by atoms with Gasteiger partial charge in [0.25, 0.3) is 0 Å². The topological polar surface area (TPSA) is 21.3 Å². The molecule has 90 valence electrons. The molecule has 0 radical (unpaired) electrons. The van der Waals surface area contributed by atoms with Crippen LogP contribution in [0.1, 0.15) is 12.0 Å². The van der Waals surface area contributed by atoms with Crippen molar-refractivity contribution in [2.75, 3.05) is 25.7 Å². The second kappa shape index (κ2) is 7.98. The smallest absolute Gasteiger partial charge is 0.133 e. The highest BCUT2D eigenvalue weighted by atomic mass is 79.9. The Morgan fingerprint density at radius 3 is 2.88 bits per heavy atom. The number of thioether (sulfide) groups is 1. The monoisotopic (exact) mass is 303 g/mol. The lowest BCUT2D eigenvalue weighted by Crippen LogP contribution is -2.05. The number of rotatable bonds is 7. The van der Waals surface area contributed by atoms with E-state index in [-0.39, 0.29) is 0 Å². The minimum atomic E-state index is 0.783. The summed E-state index contributed by atoms with van der Waals surface area (Å²) in [6.45, 7) is 1.66. The van der Waals surface area contributed by atoms with Gasteiger partial charge in [-0.1, -0.05) is 6.07 Å². The zero-order chi connectivity index (χ0) is 11.8. The maximum absolute atomic E-state index is 5.69. The van der Waals surface area contributed by atoms with E-state index < -0.39 is 0 Å². The van der Waals surface area contributed by atoms with Crippen molar-refractivity contribution in [3.8, 4) is 5.75 Å². The number of ether oxygens (including phenoxy) is 1. The Kier molecular flexibility index (Phi) is 6.92. The SMILES string of the molecule is CNCc1ccc(OCCCSC)c(Br)c1. The van der Waals surface area contributed by atoms with E-state index in [0.29, 0.717) is 0 Å². The summed E-state index contributed by atoms with van der Waals surface area (Å²) in [5.41, 5.74) is 1.26. The molecule has 1 aromatic rings. The van der Waals surface area contributed by atoms with Crippen molar-refractivity contribution in [3.63, 3.8) is 0 Å². The number of hydrogen-bond donors (Lipinski definition) is 1. The fourth-order valence-corrected chi connectivity index (χ4v) is 2.31. The van der Waals surface area contributed by atoms with E-state index in [4.69, 9.17) is 4.74 Å². The van der Waals surface area contributed by atoms with Crippen LogP contribution in [0.3, 0.4) is 0 Å². The van der Waals surface area contributed by atoms with Crippen molar-refractivity contribution in [2.24, 2.45) is 0 Å². The van der Waals surface area contributed by atoms with E-state index in [1.165, 1.54) is 5.56 Å². The van der Waals surface area contributed by atoms with Gasteiger partial charge in [0.15, 0.2) is 0 Å². The number of benzene rings is 1. The highest BCUT2D eigenvalue weighted by molar-refractivity contribution is 9.10. The molecule has 1 aromatic carbocycles. The average molecular weight is 304 g/mol. The van der Waals surface area contributed by atoms with Crippen LogP contribution in [0.5, 0.6) is 5.75 Å². The molecule has 2 nitrogen and oxygen atoms in total. The predicted molar refractivity (Wildman–Crippen MR) is 75.4 cm³/mol. The van der Waals surface area contributed by atoms with Crippen molar-refractivity contribution in [1.82, 2.24) is 5.32 Å². The first kappa shape index (κ1) is 13.9. The molecular formula is C12H18BrNOS. The summed E-state index contributed by atoms with van der Waals surface area (Å²) in [7, 11) is 1.95. The van der Waals surface area contributed by atoms with Crippen LogP contribution >= 0.6 is 27.7 Å². The molecule has 1 N–H and O–H groups in total. The molecule has 1 rings (SSSR count). The second-order valence-electron chi connectivity index (χ2n) is 3.49. The number of nitrogens with one attached hydrogen (secondary N) is 1. The third kappa shape index (κ3) is 4.76. The summed E-state index contributed by atoms with van der Waals surface area (Å²) in [6.07, 6.45) is 3.20. The van der Waals surface area contributed by atoms with E-state index in [9.17, 15) is 0 Å². The number of halogens is 1. The Hall–Kier alpha value is -0.190. The first-order chi connectivity index (χ1) is 7.77. The lowest BCUT2D eigenvalue weighted by atomic mass is 10.2. The van der Waals surface area contributed by atoms with E-state index in [1.807, 2.05) is 24.9 Å². The summed E-state index contributed by atoms with van der Waals surface area (Å²) < 4.78 is 6.72. The third-order valence-corrected chi connectivity index (χ3v) is 3.44. The fourth-order valence-electron chi connectivity index (χ4n) is 1.36. The summed E-state index contributed by atoms with van der Waals surface area (Å²) in [5.74, 6) is 2.08. The summed E-state index contributed by atoms with van der Waals surface area (Å²) >= 11 is 5.38. The fraction of sp³-hybridized carbons (Fsp3) is 0.500. The largest absolute Gasteiger partial charge is 0.492 e. The van der Waals surface area contributed by atoms with Gasteiger partial charge in [-0.25, -0.2) is 0 Å². The molecule has 0 fully saturated rings. The molecule has 0 aliphatic rings. The zero-order valence-corrected chi connectivity index (χ0v) is 12.2. The Morgan fingerprint density at radius 1 is 1.44 bits per heavy atom. The Balaban J connectivity index is 2.47. The molecule has 0 unspecified atom stereocenters. The van der Waals surface area contributed by atoms with Crippen molar-refractivity contribution >= 4 is 27.7 Å².